The van der Waals surface area contributed by atoms with E-state index in [1.165, 1.54) is 12.1 Å². The van der Waals surface area contributed by atoms with Crippen molar-refractivity contribution in [3.8, 4) is 11.8 Å². The van der Waals surface area contributed by atoms with Gasteiger partial charge in [-0.2, -0.15) is 5.26 Å². The number of alkyl halides is 3. The SMILES string of the molecule is CC[C@@H](O)CN1CCC[C@@H](C(=O)NCc2ccc(C#N)cc2OC(F)(F)F)C1. The number of benzene rings is 1. The Morgan fingerprint density at radius 1 is 1.50 bits per heavy atom. The van der Waals surface area contributed by atoms with E-state index in [-0.39, 0.29) is 29.5 Å². The molecule has 1 aromatic rings. The number of hydrogen-bond donors (Lipinski definition) is 2. The molecule has 9 heteroatoms. The van der Waals surface area contributed by atoms with Crippen molar-refractivity contribution < 1.29 is 27.8 Å². The van der Waals surface area contributed by atoms with E-state index >= 15 is 0 Å². The van der Waals surface area contributed by atoms with Crippen LogP contribution in [-0.4, -0.2) is 48.0 Å². The van der Waals surface area contributed by atoms with Crippen molar-refractivity contribution in [3.05, 3.63) is 29.3 Å². The summed E-state index contributed by atoms with van der Waals surface area (Å²) in [6.45, 7) is 3.56. The van der Waals surface area contributed by atoms with Gasteiger partial charge in [0.1, 0.15) is 5.75 Å². The maximum atomic E-state index is 12.6. The highest BCUT2D eigenvalue weighted by Crippen LogP contribution is 2.28. The molecular formula is C19H24F3N3O3. The zero-order valence-electron chi connectivity index (χ0n) is 15.6. The highest BCUT2D eigenvalue weighted by molar-refractivity contribution is 5.79. The van der Waals surface area contributed by atoms with E-state index in [9.17, 15) is 23.1 Å². The van der Waals surface area contributed by atoms with Gasteiger partial charge in [0.15, 0.2) is 0 Å². The van der Waals surface area contributed by atoms with Gasteiger partial charge in [-0.3, -0.25) is 9.69 Å². The van der Waals surface area contributed by atoms with E-state index in [0.29, 0.717) is 25.9 Å². The minimum Gasteiger partial charge on any atom is -0.405 e. The van der Waals surface area contributed by atoms with Gasteiger partial charge in [-0.1, -0.05) is 13.0 Å². The van der Waals surface area contributed by atoms with Crippen LogP contribution in [0.15, 0.2) is 18.2 Å². The number of nitriles is 1. The number of piperidine rings is 1. The molecule has 2 atom stereocenters. The summed E-state index contributed by atoms with van der Waals surface area (Å²) in [5, 5.41) is 21.3. The molecule has 0 radical (unpaired) electrons. The van der Waals surface area contributed by atoms with Gasteiger partial charge in [-0.15, -0.1) is 13.2 Å². The fourth-order valence-electron chi connectivity index (χ4n) is 3.18. The second-order valence-corrected chi connectivity index (χ2v) is 6.86. The Morgan fingerprint density at radius 2 is 2.25 bits per heavy atom. The smallest absolute Gasteiger partial charge is 0.405 e. The van der Waals surface area contributed by atoms with E-state index in [1.54, 1.807) is 6.07 Å². The van der Waals surface area contributed by atoms with Crippen LogP contribution >= 0.6 is 0 Å². The summed E-state index contributed by atoms with van der Waals surface area (Å²) in [5.41, 5.74) is 0.172. The van der Waals surface area contributed by atoms with E-state index in [4.69, 9.17) is 5.26 Å². The Hall–Kier alpha value is -2.31. The first kappa shape index (κ1) is 22.0. The molecule has 1 aromatic carbocycles. The minimum atomic E-state index is -4.89. The number of β-amino-alcohol motifs (C(OH)–C–C–N with tert-alkyl or cyclic N) is 1. The quantitative estimate of drug-likeness (QED) is 0.736. The molecule has 0 unspecified atom stereocenters. The molecule has 1 fully saturated rings. The fourth-order valence-corrected chi connectivity index (χ4v) is 3.18. The molecule has 6 nitrogen and oxygen atoms in total. The van der Waals surface area contributed by atoms with Gasteiger partial charge in [0, 0.05) is 25.2 Å². The average Bonchev–Trinajstić information content (AvgIpc) is 2.65. The lowest BCUT2D eigenvalue weighted by atomic mass is 9.96. The Kier molecular flexibility index (Phi) is 7.66. The lowest BCUT2D eigenvalue weighted by Gasteiger charge is -2.33. The molecule has 1 aliphatic heterocycles. The van der Waals surface area contributed by atoms with Crippen LogP contribution in [0.25, 0.3) is 0 Å². The number of amides is 1. The van der Waals surface area contributed by atoms with Crippen LogP contribution in [0.1, 0.15) is 37.3 Å². The van der Waals surface area contributed by atoms with Crippen molar-refractivity contribution in [1.82, 2.24) is 10.2 Å². The lowest BCUT2D eigenvalue weighted by Crippen LogP contribution is -2.45. The van der Waals surface area contributed by atoms with E-state index < -0.39 is 18.2 Å². The van der Waals surface area contributed by atoms with Gasteiger partial charge in [-0.25, -0.2) is 0 Å². The number of halogens is 3. The van der Waals surface area contributed by atoms with Crippen molar-refractivity contribution >= 4 is 5.91 Å². The molecule has 2 rings (SSSR count). The molecule has 0 saturated carbocycles. The van der Waals surface area contributed by atoms with Gasteiger partial charge in [0.2, 0.25) is 5.91 Å². The Balaban J connectivity index is 1.99. The van der Waals surface area contributed by atoms with Crippen LogP contribution in [0.5, 0.6) is 5.75 Å². The number of ether oxygens (including phenoxy) is 1. The molecule has 1 amide bonds. The zero-order valence-corrected chi connectivity index (χ0v) is 15.6. The summed E-state index contributed by atoms with van der Waals surface area (Å²) >= 11 is 0. The van der Waals surface area contributed by atoms with E-state index in [2.05, 4.69) is 10.1 Å². The molecule has 0 aromatic heterocycles. The maximum absolute atomic E-state index is 12.6. The van der Waals surface area contributed by atoms with Crippen LogP contribution in [0.3, 0.4) is 0 Å². The minimum absolute atomic E-state index is 0.0340. The summed E-state index contributed by atoms with van der Waals surface area (Å²) in [4.78, 5) is 14.5. The summed E-state index contributed by atoms with van der Waals surface area (Å²) in [5.74, 6) is -1.04. The number of rotatable bonds is 7. The van der Waals surface area contributed by atoms with Crippen LogP contribution in [0.2, 0.25) is 0 Å². The lowest BCUT2D eigenvalue weighted by molar-refractivity contribution is -0.274. The van der Waals surface area contributed by atoms with Crippen molar-refractivity contribution in [2.45, 2.75) is 45.2 Å². The Morgan fingerprint density at radius 3 is 2.89 bits per heavy atom. The van der Waals surface area contributed by atoms with Gasteiger partial charge in [0.05, 0.1) is 23.7 Å². The number of likely N-dealkylation sites (tertiary alicyclic amines) is 1. The zero-order chi connectivity index (χ0) is 20.7. The van der Waals surface area contributed by atoms with Crippen molar-refractivity contribution in [2.24, 2.45) is 5.92 Å². The largest absolute Gasteiger partial charge is 0.573 e. The second-order valence-electron chi connectivity index (χ2n) is 6.86. The number of carbonyl (C=O) groups excluding carboxylic acids is 1. The highest BCUT2D eigenvalue weighted by Gasteiger charge is 2.32. The monoisotopic (exact) mass is 399 g/mol. The maximum Gasteiger partial charge on any atom is 0.573 e. The van der Waals surface area contributed by atoms with E-state index in [1.807, 2.05) is 11.8 Å². The Bertz CT molecular complexity index is 719. The third kappa shape index (κ3) is 6.69. The normalized spacial score (nSPS) is 18.9. The third-order valence-electron chi connectivity index (χ3n) is 4.69. The van der Waals surface area contributed by atoms with Gasteiger partial charge in [0.25, 0.3) is 0 Å². The summed E-state index contributed by atoms with van der Waals surface area (Å²) < 4.78 is 41.8. The highest BCUT2D eigenvalue weighted by atomic mass is 19.4. The molecular weight excluding hydrogens is 375 g/mol. The number of nitrogens with zero attached hydrogens (tertiary/aromatic N) is 2. The topological polar surface area (TPSA) is 85.6 Å². The Labute approximate surface area is 161 Å². The molecule has 0 aliphatic carbocycles. The molecule has 1 aliphatic rings. The van der Waals surface area contributed by atoms with E-state index in [0.717, 1.165) is 19.0 Å². The molecule has 28 heavy (non-hydrogen) atoms. The summed E-state index contributed by atoms with van der Waals surface area (Å²) in [6, 6.07) is 5.48. The molecule has 0 spiro atoms. The number of hydrogen-bond acceptors (Lipinski definition) is 5. The van der Waals surface area contributed by atoms with Gasteiger partial charge in [-0.05, 0) is 37.9 Å². The molecule has 2 N–H and O–H groups in total. The summed E-state index contributed by atoms with van der Waals surface area (Å²) in [6.07, 6.45) is -3.20. The number of carbonyl (C=O) groups is 1. The standard InChI is InChI=1S/C19H24F3N3O3/c1-2-16(26)12-25-7-3-4-15(11-25)18(27)24-10-14-6-5-13(9-23)8-17(14)28-19(20,21)22/h5-6,8,15-16,26H,2-4,7,10-12H2,1H3,(H,24,27)/t15-,16-/m1/s1. The first-order valence-electron chi connectivity index (χ1n) is 9.18. The predicted octanol–water partition coefficient (Wildman–Crippen LogP) is 2.56. The van der Waals surface area contributed by atoms with Crippen LogP contribution in [0, 0.1) is 17.2 Å². The number of nitrogens with one attached hydrogen (secondary N) is 1. The van der Waals surface area contributed by atoms with Gasteiger partial charge < -0.3 is 15.2 Å². The second kappa shape index (κ2) is 9.75. The van der Waals surface area contributed by atoms with Gasteiger partial charge >= 0.3 is 6.36 Å². The third-order valence-corrected chi connectivity index (χ3v) is 4.69. The summed E-state index contributed by atoms with van der Waals surface area (Å²) in [7, 11) is 0. The average molecular weight is 399 g/mol. The molecule has 154 valence electrons. The van der Waals surface area contributed by atoms with Crippen LogP contribution in [0.4, 0.5) is 13.2 Å². The number of aliphatic hydroxyl groups excluding tert-OH is 1. The predicted molar refractivity (Wildman–Crippen MR) is 95.1 cm³/mol. The first-order chi connectivity index (χ1) is 13.2. The molecule has 1 saturated heterocycles. The van der Waals surface area contributed by atoms with Crippen molar-refractivity contribution in [3.63, 3.8) is 0 Å². The fraction of sp³-hybridized carbons (Fsp3) is 0.579. The van der Waals surface area contributed by atoms with Crippen LogP contribution in [-0.2, 0) is 11.3 Å². The van der Waals surface area contributed by atoms with Crippen LogP contribution < -0.4 is 10.1 Å². The van der Waals surface area contributed by atoms with Crippen molar-refractivity contribution in [1.29, 1.82) is 5.26 Å². The molecule has 0 bridgehead atoms. The van der Waals surface area contributed by atoms with Crippen molar-refractivity contribution in [2.75, 3.05) is 19.6 Å². The molecule has 1 heterocycles. The number of aliphatic hydroxyl groups is 1. The first-order valence-corrected chi connectivity index (χ1v) is 9.18.